The van der Waals surface area contributed by atoms with Gasteiger partial charge in [0.1, 0.15) is 0 Å². The molecule has 1 aromatic rings. The fourth-order valence-corrected chi connectivity index (χ4v) is 4.03. The quantitative estimate of drug-likeness (QED) is 0.894. The molecule has 0 amide bonds. The second kappa shape index (κ2) is 6.68. The standard InChI is InChI=1S/C17H27N3/c1-18-12-15-8-4-9-16(19-15)13-20-11-5-10-17(20)14-6-2-3-7-14/h4,8-9,14,17-18H,2-3,5-7,10-13H2,1H3. The van der Waals surface area contributed by atoms with Crippen LogP contribution < -0.4 is 5.32 Å². The summed E-state index contributed by atoms with van der Waals surface area (Å²) >= 11 is 0. The predicted molar refractivity (Wildman–Crippen MR) is 82.4 cm³/mol. The van der Waals surface area contributed by atoms with Crippen LogP contribution in [0.5, 0.6) is 0 Å². The van der Waals surface area contributed by atoms with E-state index < -0.39 is 0 Å². The molecule has 1 saturated heterocycles. The average Bonchev–Trinajstić information content (AvgIpc) is 3.10. The van der Waals surface area contributed by atoms with Gasteiger partial charge in [-0.3, -0.25) is 9.88 Å². The third-order valence-corrected chi connectivity index (χ3v) is 4.95. The Hall–Kier alpha value is -0.930. The van der Waals surface area contributed by atoms with Gasteiger partial charge in [0, 0.05) is 19.1 Å². The highest BCUT2D eigenvalue weighted by molar-refractivity contribution is 5.11. The molecule has 1 N–H and O–H groups in total. The Bertz CT molecular complexity index is 426. The number of rotatable bonds is 5. The van der Waals surface area contributed by atoms with E-state index in [0.717, 1.165) is 30.7 Å². The van der Waals surface area contributed by atoms with Gasteiger partial charge in [-0.05, 0) is 57.3 Å². The van der Waals surface area contributed by atoms with E-state index in [1.165, 1.54) is 50.8 Å². The highest BCUT2D eigenvalue weighted by atomic mass is 15.2. The van der Waals surface area contributed by atoms with E-state index in [0.29, 0.717) is 0 Å². The zero-order valence-electron chi connectivity index (χ0n) is 12.6. The lowest BCUT2D eigenvalue weighted by Gasteiger charge is -2.29. The summed E-state index contributed by atoms with van der Waals surface area (Å²) in [6.45, 7) is 3.16. The topological polar surface area (TPSA) is 28.2 Å². The molecule has 1 unspecified atom stereocenters. The Kier molecular flexibility index (Phi) is 4.69. The van der Waals surface area contributed by atoms with Crippen LogP contribution in [-0.4, -0.2) is 29.5 Å². The van der Waals surface area contributed by atoms with E-state index in [1.54, 1.807) is 0 Å². The van der Waals surface area contributed by atoms with Crippen molar-refractivity contribution in [3.63, 3.8) is 0 Å². The highest BCUT2D eigenvalue weighted by Gasteiger charge is 2.33. The lowest BCUT2D eigenvalue weighted by atomic mass is 9.96. The molecule has 3 heteroatoms. The number of nitrogens with zero attached hydrogens (tertiary/aromatic N) is 2. The molecular formula is C17H27N3. The van der Waals surface area contributed by atoms with E-state index >= 15 is 0 Å². The van der Waals surface area contributed by atoms with Crippen LogP contribution in [0.4, 0.5) is 0 Å². The molecule has 2 fully saturated rings. The molecule has 20 heavy (non-hydrogen) atoms. The molecule has 0 bridgehead atoms. The van der Waals surface area contributed by atoms with Crippen molar-refractivity contribution in [1.82, 2.24) is 15.2 Å². The van der Waals surface area contributed by atoms with Crippen molar-refractivity contribution in [3.05, 3.63) is 29.6 Å². The number of hydrogen-bond donors (Lipinski definition) is 1. The number of likely N-dealkylation sites (tertiary alicyclic amines) is 1. The molecule has 1 atom stereocenters. The Morgan fingerprint density at radius 2 is 1.95 bits per heavy atom. The van der Waals surface area contributed by atoms with Gasteiger partial charge in [0.2, 0.25) is 0 Å². The molecule has 2 heterocycles. The summed E-state index contributed by atoms with van der Waals surface area (Å²) in [6.07, 6.45) is 8.58. The summed E-state index contributed by atoms with van der Waals surface area (Å²) in [5, 5.41) is 3.18. The molecule has 0 aromatic carbocycles. The number of nitrogens with one attached hydrogen (secondary N) is 1. The van der Waals surface area contributed by atoms with Crippen LogP contribution in [0.15, 0.2) is 18.2 Å². The highest BCUT2D eigenvalue weighted by Crippen LogP contribution is 2.35. The van der Waals surface area contributed by atoms with Crippen molar-refractivity contribution >= 4 is 0 Å². The van der Waals surface area contributed by atoms with Crippen LogP contribution in [0, 0.1) is 5.92 Å². The minimum Gasteiger partial charge on any atom is -0.314 e. The molecule has 3 rings (SSSR count). The molecule has 1 saturated carbocycles. The summed E-state index contributed by atoms with van der Waals surface area (Å²) in [7, 11) is 1.98. The van der Waals surface area contributed by atoms with Crippen LogP contribution in [0.3, 0.4) is 0 Å². The van der Waals surface area contributed by atoms with Gasteiger partial charge >= 0.3 is 0 Å². The largest absolute Gasteiger partial charge is 0.314 e. The van der Waals surface area contributed by atoms with Gasteiger partial charge in [-0.15, -0.1) is 0 Å². The van der Waals surface area contributed by atoms with Crippen molar-refractivity contribution in [3.8, 4) is 0 Å². The smallest absolute Gasteiger partial charge is 0.0547 e. The first-order chi connectivity index (χ1) is 9.86. The molecule has 2 aliphatic rings. The van der Waals surface area contributed by atoms with Gasteiger partial charge in [-0.2, -0.15) is 0 Å². The van der Waals surface area contributed by atoms with Crippen LogP contribution in [0.2, 0.25) is 0 Å². The van der Waals surface area contributed by atoms with E-state index in [4.69, 9.17) is 4.98 Å². The summed E-state index contributed by atoms with van der Waals surface area (Å²) in [5.41, 5.74) is 2.39. The summed E-state index contributed by atoms with van der Waals surface area (Å²) in [6, 6.07) is 7.27. The Morgan fingerprint density at radius 1 is 1.15 bits per heavy atom. The maximum absolute atomic E-state index is 4.78. The molecule has 110 valence electrons. The second-order valence-corrected chi connectivity index (χ2v) is 6.38. The van der Waals surface area contributed by atoms with Crippen molar-refractivity contribution in [2.24, 2.45) is 5.92 Å². The van der Waals surface area contributed by atoms with Crippen molar-refractivity contribution < 1.29 is 0 Å². The van der Waals surface area contributed by atoms with E-state index in [-0.39, 0.29) is 0 Å². The maximum atomic E-state index is 4.78. The van der Waals surface area contributed by atoms with Crippen molar-refractivity contribution in [2.45, 2.75) is 57.7 Å². The summed E-state index contributed by atoms with van der Waals surface area (Å²) in [5.74, 6) is 0.956. The minimum absolute atomic E-state index is 0.826. The first-order valence-corrected chi connectivity index (χ1v) is 8.20. The molecule has 1 aromatic heterocycles. The third kappa shape index (κ3) is 3.21. The van der Waals surface area contributed by atoms with E-state index in [9.17, 15) is 0 Å². The second-order valence-electron chi connectivity index (χ2n) is 6.38. The predicted octanol–water partition coefficient (Wildman–Crippen LogP) is 2.96. The lowest BCUT2D eigenvalue weighted by Crippen LogP contribution is -2.34. The average molecular weight is 273 g/mol. The van der Waals surface area contributed by atoms with Gasteiger partial charge in [0.15, 0.2) is 0 Å². The minimum atomic E-state index is 0.826. The summed E-state index contributed by atoms with van der Waals surface area (Å²) in [4.78, 5) is 7.48. The van der Waals surface area contributed by atoms with Crippen molar-refractivity contribution in [2.75, 3.05) is 13.6 Å². The molecule has 0 radical (unpaired) electrons. The SMILES string of the molecule is CNCc1cccc(CN2CCCC2C2CCCC2)n1. The normalized spacial score (nSPS) is 24.6. The molecule has 1 aliphatic carbocycles. The monoisotopic (exact) mass is 273 g/mol. The first kappa shape index (κ1) is 14.0. The Labute approximate surface area is 122 Å². The molecule has 0 spiro atoms. The van der Waals surface area contributed by atoms with Gasteiger partial charge in [0.05, 0.1) is 11.4 Å². The fraction of sp³-hybridized carbons (Fsp3) is 0.706. The van der Waals surface area contributed by atoms with Gasteiger partial charge < -0.3 is 5.32 Å². The number of hydrogen-bond acceptors (Lipinski definition) is 3. The lowest BCUT2D eigenvalue weighted by molar-refractivity contribution is 0.181. The molecular weight excluding hydrogens is 246 g/mol. The third-order valence-electron chi connectivity index (χ3n) is 4.95. The van der Waals surface area contributed by atoms with E-state index in [2.05, 4.69) is 28.4 Å². The van der Waals surface area contributed by atoms with Gasteiger partial charge in [-0.25, -0.2) is 0 Å². The zero-order valence-corrected chi connectivity index (χ0v) is 12.6. The van der Waals surface area contributed by atoms with Crippen LogP contribution in [-0.2, 0) is 13.1 Å². The number of aromatic nitrogens is 1. The summed E-state index contributed by atoms with van der Waals surface area (Å²) < 4.78 is 0. The maximum Gasteiger partial charge on any atom is 0.0547 e. The van der Waals surface area contributed by atoms with Gasteiger partial charge in [0.25, 0.3) is 0 Å². The zero-order chi connectivity index (χ0) is 13.8. The fourth-order valence-electron chi connectivity index (χ4n) is 4.03. The van der Waals surface area contributed by atoms with Crippen LogP contribution >= 0.6 is 0 Å². The van der Waals surface area contributed by atoms with E-state index in [1.807, 2.05) is 7.05 Å². The molecule has 1 aliphatic heterocycles. The number of pyridine rings is 1. The Morgan fingerprint density at radius 3 is 2.75 bits per heavy atom. The van der Waals surface area contributed by atoms with Crippen LogP contribution in [0.1, 0.15) is 49.9 Å². The Balaban J connectivity index is 1.65. The van der Waals surface area contributed by atoms with Crippen molar-refractivity contribution in [1.29, 1.82) is 0 Å². The van der Waals surface area contributed by atoms with Crippen LogP contribution in [0.25, 0.3) is 0 Å². The molecule has 3 nitrogen and oxygen atoms in total. The van der Waals surface area contributed by atoms with Gasteiger partial charge in [-0.1, -0.05) is 18.9 Å². The first-order valence-electron chi connectivity index (χ1n) is 8.20.